The Kier molecular flexibility index (Phi) is 4.23. The summed E-state index contributed by atoms with van der Waals surface area (Å²) in [4.78, 5) is 9.04. The Morgan fingerprint density at radius 3 is 2.67 bits per heavy atom. The molecule has 0 aliphatic carbocycles. The molecule has 2 N–H and O–H groups in total. The number of halogens is 1. The van der Waals surface area contributed by atoms with Gasteiger partial charge in [0.05, 0.1) is 0 Å². The second-order valence-electron chi connectivity index (χ2n) is 3.67. The third-order valence-corrected chi connectivity index (χ3v) is 3.16. The van der Waals surface area contributed by atoms with Gasteiger partial charge in [0.2, 0.25) is 5.28 Å². The lowest BCUT2D eigenvalue weighted by Gasteiger charge is -2.02. The van der Waals surface area contributed by atoms with Crippen LogP contribution in [0, 0.1) is 0 Å². The van der Waals surface area contributed by atoms with Crippen molar-refractivity contribution in [2.45, 2.75) is 11.9 Å². The van der Waals surface area contributed by atoms with E-state index in [2.05, 4.69) is 16.0 Å². The van der Waals surface area contributed by atoms with E-state index >= 15 is 0 Å². The number of benzene rings is 1. The highest BCUT2D eigenvalue weighted by atomic mass is 35.5. The minimum atomic E-state index is 0.171. The average Bonchev–Trinajstić information content (AvgIpc) is 2.28. The van der Waals surface area contributed by atoms with Crippen LogP contribution in [0.25, 0.3) is 6.08 Å². The number of nitrogen functional groups attached to an aromatic ring is 1. The number of aromatic nitrogens is 2. The molecule has 3 nitrogen and oxygen atoms in total. The van der Waals surface area contributed by atoms with Gasteiger partial charge in [0.25, 0.3) is 0 Å². The SMILES string of the molecule is CC(=Cc1ccccc1)Sc1cc(N)nc(Cl)n1. The number of rotatable bonds is 3. The van der Waals surface area contributed by atoms with Gasteiger partial charge in [-0.15, -0.1) is 0 Å². The molecule has 0 saturated heterocycles. The van der Waals surface area contributed by atoms with Gasteiger partial charge in [0, 0.05) is 6.07 Å². The monoisotopic (exact) mass is 277 g/mol. The minimum absolute atomic E-state index is 0.171. The van der Waals surface area contributed by atoms with E-state index in [1.807, 2.05) is 37.3 Å². The predicted molar refractivity (Wildman–Crippen MR) is 77.4 cm³/mol. The first-order valence-corrected chi connectivity index (χ1v) is 6.54. The van der Waals surface area contributed by atoms with Crippen LogP contribution in [0.4, 0.5) is 5.82 Å². The van der Waals surface area contributed by atoms with E-state index in [0.717, 1.165) is 15.5 Å². The molecule has 0 aliphatic rings. The molecule has 0 amide bonds. The van der Waals surface area contributed by atoms with Crippen LogP contribution in [0.2, 0.25) is 5.28 Å². The lowest BCUT2D eigenvalue weighted by molar-refractivity contribution is 1.06. The fourth-order valence-electron chi connectivity index (χ4n) is 1.44. The molecule has 0 saturated carbocycles. The van der Waals surface area contributed by atoms with E-state index in [0.29, 0.717) is 5.82 Å². The van der Waals surface area contributed by atoms with Crippen molar-refractivity contribution in [3.63, 3.8) is 0 Å². The summed E-state index contributed by atoms with van der Waals surface area (Å²) in [7, 11) is 0. The van der Waals surface area contributed by atoms with Gasteiger partial charge in [-0.25, -0.2) is 9.97 Å². The van der Waals surface area contributed by atoms with Gasteiger partial charge < -0.3 is 5.73 Å². The van der Waals surface area contributed by atoms with Crippen LogP contribution in [0.5, 0.6) is 0 Å². The number of hydrogen-bond donors (Lipinski definition) is 1. The Morgan fingerprint density at radius 2 is 2.00 bits per heavy atom. The molecule has 1 aromatic carbocycles. The molecule has 0 unspecified atom stereocenters. The van der Waals surface area contributed by atoms with Gasteiger partial charge in [0.15, 0.2) is 0 Å². The van der Waals surface area contributed by atoms with E-state index < -0.39 is 0 Å². The molecule has 92 valence electrons. The molecule has 2 rings (SSSR count). The largest absolute Gasteiger partial charge is 0.384 e. The quantitative estimate of drug-likeness (QED) is 0.526. The summed E-state index contributed by atoms with van der Waals surface area (Å²) in [6, 6.07) is 11.8. The first kappa shape index (κ1) is 12.9. The second kappa shape index (κ2) is 5.89. The maximum absolute atomic E-state index is 5.76. The Bertz CT molecular complexity index is 549. The van der Waals surface area contributed by atoms with Crippen LogP contribution in [0.3, 0.4) is 0 Å². The highest BCUT2D eigenvalue weighted by molar-refractivity contribution is 8.03. The number of hydrogen-bond acceptors (Lipinski definition) is 4. The van der Waals surface area contributed by atoms with E-state index in [1.165, 1.54) is 11.8 Å². The normalized spacial score (nSPS) is 11.6. The van der Waals surface area contributed by atoms with E-state index in [4.69, 9.17) is 17.3 Å². The summed E-state index contributed by atoms with van der Waals surface area (Å²) in [6.45, 7) is 2.02. The summed E-state index contributed by atoms with van der Waals surface area (Å²) in [6.07, 6.45) is 2.08. The fraction of sp³-hybridized carbons (Fsp3) is 0.0769. The third kappa shape index (κ3) is 3.75. The molecule has 1 aromatic heterocycles. The summed E-state index contributed by atoms with van der Waals surface area (Å²) in [5, 5.41) is 0.919. The van der Waals surface area contributed by atoms with Crippen molar-refractivity contribution in [2.75, 3.05) is 5.73 Å². The van der Waals surface area contributed by atoms with Gasteiger partial charge in [0.1, 0.15) is 10.8 Å². The van der Waals surface area contributed by atoms with E-state index in [9.17, 15) is 0 Å². The van der Waals surface area contributed by atoms with Crippen LogP contribution in [0.15, 0.2) is 46.3 Å². The molecule has 1 heterocycles. The number of allylic oxidation sites excluding steroid dienone is 1. The highest BCUT2D eigenvalue weighted by Gasteiger charge is 2.02. The van der Waals surface area contributed by atoms with Gasteiger partial charge in [-0.3, -0.25) is 0 Å². The smallest absolute Gasteiger partial charge is 0.225 e. The summed E-state index contributed by atoms with van der Waals surface area (Å²) < 4.78 is 0. The van der Waals surface area contributed by atoms with Crippen molar-refractivity contribution in [2.24, 2.45) is 0 Å². The van der Waals surface area contributed by atoms with E-state index in [1.54, 1.807) is 6.07 Å². The Labute approximate surface area is 115 Å². The standard InChI is InChI=1S/C13H12ClN3S/c1-9(7-10-5-3-2-4-6-10)18-12-8-11(15)16-13(14)17-12/h2-8H,1H3,(H2,15,16,17). The van der Waals surface area contributed by atoms with Gasteiger partial charge in [-0.05, 0) is 35.1 Å². The zero-order valence-electron chi connectivity index (χ0n) is 9.80. The Hall–Kier alpha value is -1.52. The summed E-state index contributed by atoms with van der Waals surface area (Å²) in [5.74, 6) is 0.380. The highest BCUT2D eigenvalue weighted by Crippen LogP contribution is 2.27. The number of nitrogens with two attached hydrogens (primary N) is 1. The molecule has 2 aromatic rings. The summed E-state index contributed by atoms with van der Waals surface area (Å²) >= 11 is 7.27. The molecule has 5 heteroatoms. The molecular formula is C13H12ClN3S. The molecule has 0 aliphatic heterocycles. The van der Waals surface area contributed by atoms with Gasteiger partial charge in [-0.1, -0.05) is 42.1 Å². The van der Waals surface area contributed by atoms with Crippen molar-refractivity contribution in [3.05, 3.63) is 52.2 Å². The fourth-order valence-corrected chi connectivity index (χ4v) is 2.52. The average molecular weight is 278 g/mol. The lowest BCUT2D eigenvalue weighted by Crippen LogP contribution is -1.93. The van der Waals surface area contributed by atoms with Gasteiger partial charge in [-0.2, -0.15) is 0 Å². The van der Waals surface area contributed by atoms with Crippen molar-refractivity contribution in [1.82, 2.24) is 9.97 Å². The first-order chi connectivity index (χ1) is 8.63. The molecule has 0 radical (unpaired) electrons. The molecule has 0 atom stereocenters. The Balaban J connectivity index is 2.16. The lowest BCUT2D eigenvalue weighted by atomic mass is 10.2. The summed E-state index contributed by atoms with van der Waals surface area (Å²) in [5.41, 5.74) is 6.77. The van der Waals surface area contributed by atoms with Crippen LogP contribution in [-0.4, -0.2) is 9.97 Å². The maximum atomic E-state index is 5.76. The van der Waals surface area contributed by atoms with Crippen LogP contribution in [0.1, 0.15) is 12.5 Å². The zero-order chi connectivity index (χ0) is 13.0. The van der Waals surface area contributed by atoms with Crippen molar-refractivity contribution in [1.29, 1.82) is 0 Å². The first-order valence-electron chi connectivity index (χ1n) is 5.35. The maximum Gasteiger partial charge on any atom is 0.225 e. The second-order valence-corrected chi connectivity index (χ2v) is 5.27. The number of nitrogens with zero attached hydrogens (tertiary/aromatic N) is 2. The minimum Gasteiger partial charge on any atom is -0.384 e. The van der Waals surface area contributed by atoms with Crippen molar-refractivity contribution >= 4 is 35.3 Å². The topological polar surface area (TPSA) is 51.8 Å². The van der Waals surface area contributed by atoms with Crippen LogP contribution < -0.4 is 5.73 Å². The number of thioether (sulfide) groups is 1. The van der Waals surface area contributed by atoms with Crippen LogP contribution >= 0.6 is 23.4 Å². The molecule has 0 fully saturated rings. The van der Waals surface area contributed by atoms with E-state index in [-0.39, 0.29) is 5.28 Å². The molecule has 18 heavy (non-hydrogen) atoms. The van der Waals surface area contributed by atoms with Crippen molar-refractivity contribution < 1.29 is 0 Å². The number of anilines is 1. The predicted octanol–water partition coefficient (Wildman–Crippen LogP) is 3.87. The van der Waals surface area contributed by atoms with Crippen molar-refractivity contribution in [3.8, 4) is 0 Å². The molecule has 0 bridgehead atoms. The van der Waals surface area contributed by atoms with Gasteiger partial charge >= 0.3 is 0 Å². The van der Waals surface area contributed by atoms with Crippen LogP contribution in [-0.2, 0) is 0 Å². The Morgan fingerprint density at radius 1 is 1.28 bits per heavy atom. The molecular weight excluding hydrogens is 266 g/mol. The third-order valence-electron chi connectivity index (χ3n) is 2.13. The zero-order valence-corrected chi connectivity index (χ0v) is 11.4. The molecule has 0 spiro atoms.